The van der Waals surface area contributed by atoms with Crippen LogP contribution in [-0.2, 0) is 4.79 Å². The average molecular weight is 240 g/mol. The zero-order valence-corrected chi connectivity index (χ0v) is 9.17. The summed E-state index contributed by atoms with van der Waals surface area (Å²) in [5.74, 6) is 3.95. The lowest BCUT2D eigenvalue weighted by Crippen LogP contribution is -2.36. The first-order chi connectivity index (χ1) is 6.68. The molecule has 0 heterocycles. The van der Waals surface area contributed by atoms with Crippen molar-refractivity contribution in [2.45, 2.75) is 25.3 Å². The predicted molar refractivity (Wildman–Crippen MR) is 60.5 cm³/mol. The lowest BCUT2D eigenvalue weighted by atomic mass is 10.1. The molecule has 0 aliphatic rings. The van der Waals surface area contributed by atoms with Crippen LogP contribution in [0.5, 0.6) is 0 Å². The lowest BCUT2D eigenvalue weighted by molar-refractivity contribution is -0.138. The van der Waals surface area contributed by atoms with Gasteiger partial charge in [-0.15, -0.1) is 12.4 Å². The van der Waals surface area contributed by atoms with E-state index < -0.39 is 12.0 Å². The van der Waals surface area contributed by atoms with E-state index in [2.05, 4.69) is 16.0 Å². The Morgan fingerprint density at radius 2 is 2.20 bits per heavy atom. The molecule has 0 fully saturated rings. The fraction of sp³-hybridized carbons (Fsp3) is 0.714. The number of unbranched alkanes of at least 4 members (excludes halogenated alkanes) is 1. The van der Waals surface area contributed by atoms with Gasteiger partial charge in [-0.1, -0.05) is 0 Å². The van der Waals surface area contributed by atoms with Crippen molar-refractivity contribution in [3.05, 3.63) is 0 Å². The van der Waals surface area contributed by atoms with E-state index in [9.17, 15) is 4.79 Å². The summed E-state index contributed by atoms with van der Waals surface area (Å²) in [7, 11) is 0. The third kappa shape index (κ3) is 11.0. The van der Waals surface area contributed by atoms with Crippen LogP contribution in [0, 0.1) is 0 Å². The van der Waals surface area contributed by atoms with E-state index in [0.29, 0.717) is 13.0 Å². The number of nitrogens with zero attached hydrogens (tertiary/aromatic N) is 1. The smallest absolute Gasteiger partial charge is 0.320 e. The van der Waals surface area contributed by atoms with Gasteiger partial charge in [0.25, 0.3) is 0 Å². The highest BCUT2D eigenvalue weighted by Gasteiger charge is 2.09. The summed E-state index contributed by atoms with van der Waals surface area (Å²) in [6, 6.07) is -0.761. The number of carboxylic acids is 1. The normalized spacial score (nSPS) is 12.1. The summed E-state index contributed by atoms with van der Waals surface area (Å²) in [5, 5.41) is 8.47. The molecule has 0 rings (SSSR count). The van der Waals surface area contributed by atoms with Crippen LogP contribution in [0.1, 0.15) is 19.3 Å². The first-order valence-corrected chi connectivity index (χ1v) is 4.36. The maximum Gasteiger partial charge on any atom is 0.320 e. The maximum absolute atomic E-state index is 10.3. The number of carboxylic acid groups (broad SMARTS) is 1. The highest BCUT2D eigenvalue weighted by molar-refractivity contribution is 5.85. The van der Waals surface area contributed by atoms with Gasteiger partial charge in [-0.3, -0.25) is 21.1 Å². The molecule has 1 atom stereocenters. The van der Waals surface area contributed by atoms with E-state index in [0.717, 1.165) is 12.8 Å². The van der Waals surface area contributed by atoms with Gasteiger partial charge in [0, 0.05) is 6.54 Å². The summed E-state index contributed by atoms with van der Waals surface area (Å²) in [6.45, 7) is 0.626. The van der Waals surface area contributed by atoms with Gasteiger partial charge in [-0.2, -0.15) is 5.53 Å². The molecule has 0 amide bonds. The summed E-state index contributed by atoms with van der Waals surface area (Å²) in [5.41, 5.74) is 9.98. The Morgan fingerprint density at radius 3 is 2.73 bits per heavy atom. The molecule has 0 radical (unpaired) electrons. The molecule has 15 heavy (non-hydrogen) atoms. The van der Waals surface area contributed by atoms with E-state index in [1.807, 2.05) is 0 Å². The molecule has 0 aliphatic heterocycles. The Labute approximate surface area is 94.7 Å². The topological polar surface area (TPSA) is 126 Å². The Kier molecular flexibility index (Phi) is 12.3. The van der Waals surface area contributed by atoms with Gasteiger partial charge in [0.15, 0.2) is 0 Å². The largest absolute Gasteiger partial charge is 0.480 e. The predicted octanol–water partition coefficient (Wildman–Crippen LogP) is -1.01. The number of halogens is 1. The fourth-order valence-electron chi connectivity index (χ4n) is 0.838. The van der Waals surface area contributed by atoms with Gasteiger partial charge < -0.3 is 10.8 Å². The molecule has 0 saturated heterocycles. The van der Waals surface area contributed by atoms with E-state index in [-0.39, 0.29) is 12.4 Å². The van der Waals surface area contributed by atoms with E-state index in [1.165, 1.54) is 6.34 Å². The van der Waals surface area contributed by atoms with Crippen molar-refractivity contribution in [1.82, 2.24) is 11.0 Å². The van der Waals surface area contributed by atoms with Crippen molar-refractivity contribution >= 4 is 24.7 Å². The minimum Gasteiger partial charge on any atom is -0.480 e. The molecule has 0 bridgehead atoms. The molecule has 7 nitrogen and oxygen atoms in total. The number of rotatable bonds is 8. The molecule has 0 aromatic carbocycles. The number of nitrogens with two attached hydrogens (primary N) is 2. The van der Waals surface area contributed by atoms with Gasteiger partial charge in [0.2, 0.25) is 0 Å². The number of hydrazine groups is 2. The third-order valence-corrected chi connectivity index (χ3v) is 1.61. The molecular formula is C7H18ClN5O2. The molecular weight excluding hydrogens is 222 g/mol. The van der Waals surface area contributed by atoms with Crippen LogP contribution in [0.4, 0.5) is 0 Å². The second-order valence-electron chi connectivity index (χ2n) is 2.76. The molecule has 7 N–H and O–H groups in total. The number of nitrogens with one attached hydrogen (secondary N) is 2. The summed E-state index contributed by atoms with van der Waals surface area (Å²) >= 11 is 0. The Hall–Kier alpha value is -0.890. The van der Waals surface area contributed by atoms with Crippen molar-refractivity contribution in [3.63, 3.8) is 0 Å². The summed E-state index contributed by atoms with van der Waals surface area (Å²) in [4.78, 5) is 14.3. The van der Waals surface area contributed by atoms with Crippen LogP contribution in [0.3, 0.4) is 0 Å². The van der Waals surface area contributed by atoms with E-state index >= 15 is 0 Å². The monoisotopic (exact) mass is 239 g/mol. The SMILES string of the molecule is Cl.NNNC=NCCCCC(N)C(=O)O. The summed E-state index contributed by atoms with van der Waals surface area (Å²) in [6.07, 6.45) is 3.48. The minimum absolute atomic E-state index is 0. The van der Waals surface area contributed by atoms with E-state index in [4.69, 9.17) is 16.7 Å². The van der Waals surface area contributed by atoms with Crippen molar-refractivity contribution < 1.29 is 9.90 Å². The first-order valence-electron chi connectivity index (χ1n) is 4.36. The molecule has 0 saturated carbocycles. The van der Waals surface area contributed by atoms with Gasteiger partial charge in [0.1, 0.15) is 6.04 Å². The summed E-state index contributed by atoms with van der Waals surface area (Å²) < 4.78 is 0. The fourth-order valence-corrected chi connectivity index (χ4v) is 0.838. The molecule has 0 aromatic heterocycles. The number of carbonyl (C=O) groups is 1. The van der Waals surface area contributed by atoms with E-state index in [1.54, 1.807) is 0 Å². The number of hydrogen-bond donors (Lipinski definition) is 5. The van der Waals surface area contributed by atoms with Crippen molar-refractivity contribution in [2.75, 3.05) is 6.54 Å². The number of hydrogen-bond acceptors (Lipinski definition) is 5. The van der Waals surface area contributed by atoms with Gasteiger partial charge in [0.05, 0.1) is 6.34 Å². The molecule has 0 aliphatic carbocycles. The molecule has 90 valence electrons. The van der Waals surface area contributed by atoms with Crippen molar-refractivity contribution in [2.24, 2.45) is 16.6 Å². The Morgan fingerprint density at radius 1 is 1.53 bits per heavy atom. The second-order valence-corrected chi connectivity index (χ2v) is 2.76. The van der Waals surface area contributed by atoms with Gasteiger partial charge in [-0.25, -0.2) is 0 Å². The lowest BCUT2D eigenvalue weighted by Gasteiger charge is -2.04. The van der Waals surface area contributed by atoms with Crippen LogP contribution >= 0.6 is 12.4 Å². The Bertz CT molecular complexity index is 190. The van der Waals surface area contributed by atoms with Crippen molar-refractivity contribution in [1.29, 1.82) is 0 Å². The third-order valence-electron chi connectivity index (χ3n) is 1.61. The highest BCUT2D eigenvalue weighted by Crippen LogP contribution is 1.98. The molecule has 0 aromatic rings. The quantitative estimate of drug-likeness (QED) is 0.121. The maximum atomic E-state index is 10.3. The van der Waals surface area contributed by atoms with Gasteiger partial charge >= 0.3 is 5.97 Å². The zero-order chi connectivity index (χ0) is 10.8. The molecule has 0 spiro atoms. The zero-order valence-electron chi connectivity index (χ0n) is 8.35. The number of aliphatic imine (C=N–C) groups is 1. The van der Waals surface area contributed by atoms with Crippen LogP contribution in [0.15, 0.2) is 4.99 Å². The van der Waals surface area contributed by atoms with Gasteiger partial charge in [-0.05, 0) is 19.3 Å². The van der Waals surface area contributed by atoms with Crippen LogP contribution < -0.4 is 22.5 Å². The van der Waals surface area contributed by atoms with Crippen LogP contribution in [-0.4, -0.2) is 30.0 Å². The first kappa shape index (κ1) is 16.5. The van der Waals surface area contributed by atoms with Crippen LogP contribution in [0.25, 0.3) is 0 Å². The Balaban J connectivity index is 0. The minimum atomic E-state index is -0.956. The number of aliphatic carboxylic acids is 1. The average Bonchev–Trinajstić information content (AvgIpc) is 2.16. The second kappa shape index (κ2) is 11.2. The molecule has 1 unspecified atom stereocenters. The highest BCUT2D eigenvalue weighted by atomic mass is 35.5. The molecule has 8 heteroatoms. The van der Waals surface area contributed by atoms with Crippen LogP contribution in [0.2, 0.25) is 0 Å². The van der Waals surface area contributed by atoms with Crippen molar-refractivity contribution in [3.8, 4) is 0 Å². The standard InChI is InChI=1S/C7H17N5O2.ClH/c8-6(7(13)14)3-1-2-4-10-5-11-12-9;/h5-6,12H,1-4,8-9H2,(H,10,11)(H,13,14);1H.